The zero-order chi connectivity index (χ0) is 14.8. The average Bonchev–Trinajstić information content (AvgIpc) is 2.93. The van der Waals surface area contributed by atoms with E-state index in [0.717, 1.165) is 18.9 Å². The second-order valence-electron chi connectivity index (χ2n) is 4.82. The van der Waals surface area contributed by atoms with E-state index in [2.05, 4.69) is 4.72 Å². The molecule has 0 radical (unpaired) electrons. The van der Waals surface area contributed by atoms with Crippen molar-refractivity contribution in [1.29, 1.82) is 0 Å². The number of likely N-dealkylation sites (tertiary alicyclic amines) is 1. The highest BCUT2D eigenvalue weighted by molar-refractivity contribution is 7.89. The molecule has 0 atom stereocenters. The Balaban J connectivity index is 2.03. The topological polar surface area (TPSA) is 66.5 Å². The van der Waals surface area contributed by atoms with Crippen LogP contribution in [0.15, 0.2) is 23.1 Å². The van der Waals surface area contributed by atoms with E-state index in [0.29, 0.717) is 13.1 Å². The van der Waals surface area contributed by atoms with E-state index in [1.54, 1.807) is 4.90 Å². The van der Waals surface area contributed by atoms with Crippen molar-refractivity contribution >= 4 is 15.9 Å². The van der Waals surface area contributed by atoms with Gasteiger partial charge in [-0.25, -0.2) is 17.5 Å². The van der Waals surface area contributed by atoms with Crippen LogP contribution in [0.3, 0.4) is 0 Å². The maximum atomic E-state index is 13.1. The zero-order valence-electron chi connectivity index (χ0n) is 11.2. The number of hydrogen-bond acceptors (Lipinski definition) is 3. The molecular formula is C13H17FN2O3S. The van der Waals surface area contributed by atoms with Crippen LogP contribution < -0.4 is 4.72 Å². The van der Waals surface area contributed by atoms with Crippen LogP contribution in [-0.4, -0.2) is 38.9 Å². The van der Waals surface area contributed by atoms with Crippen LogP contribution in [0.5, 0.6) is 0 Å². The number of hydrogen-bond donors (Lipinski definition) is 1. The van der Waals surface area contributed by atoms with E-state index < -0.39 is 15.8 Å². The third-order valence-electron chi connectivity index (χ3n) is 3.31. The predicted molar refractivity (Wildman–Crippen MR) is 72.1 cm³/mol. The van der Waals surface area contributed by atoms with Crippen molar-refractivity contribution in [2.24, 2.45) is 0 Å². The first-order valence-corrected chi connectivity index (χ1v) is 7.92. The Hall–Kier alpha value is -1.47. The Morgan fingerprint density at radius 3 is 2.60 bits per heavy atom. The summed E-state index contributed by atoms with van der Waals surface area (Å²) < 4.78 is 39.4. The lowest BCUT2D eigenvalue weighted by Crippen LogP contribution is -2.38. The second-order valence-corrected chi connectivity index (χ2v) is 6.59. The highest BCUT2D eigenvalue weighted by atomic mass is 32.2. The molecule has 0 bridgehead atoms. The molecule has 0 aromatic heterocycles. The number of carbonyl (C=O) groups is 1. The zero-order valence-corrected chi connectivity index (χ0v) is 12.0. The molecule has 0 aliphatic carbocycles. The predicted octanol–water partition coefficient (Wildman–Crippen LogP) is 1.03. The molecule has 0 saturated carbocycles. The summed E-state index contributed by atoms with van der Waals surface area (Å²) in [4.78, 5) is 13.4. The summed E-state index contributed by atoms with van der Waals surface area (Å²) in [5.41, 5.74) is 0.249. The van der Waals surface area contributed by atoms with Crippen LogP contribution in [0.4, 0.5) is 4.39 Å². The van der Waals surface area contributed by atoms with Crippen molar-refractivity contribution in [1.82, 2.24) is 9.62 Å². The van der Waals surface area contributed by atoms with E-state index in [-0.39, 0.29) is 22.9 Å². The van der Waals surface area contributed by atoms with Gasteiger partial charge in [-0.1, -0.05) is 0 Å². The fourth-order valence-electron chi connectivity index (χ4n) is 2.10. The molecule has 7 heteroatoms. The van der Waals surface area contributed by atoms with Crippen molar-refractivity contribution in [2.45, 2.75) is 24.7 Å². The summed E-state index contributed by atoms with van der Waals surface area (Å²) in [5, 5.41) is 0. The van der Waals surface area contributed by atoms with Crippen molar-refractivity contribution in [3.8, 4) is 0 Å². The van der Waals surface area contributed by atoms with Gasteiger partial charge in [-0.05, 0) is 43.5 Å². The highest BCUT2D eigenvalue weighted by Gasteiger charge is 2.21. The van der Waals surface area contributed by atoms with E-state index in [1.165, 1.54) is 19.1 Å². The summed E-state index contributed by atoms with van der Waals surface area (Å²) in [6, 6.07) is 3.54. The molecular weight excluding hydrogens is 283 g/mol. The third kappa shape index (κ3) is 3.34. The fourth-order valence-corrected chi connectivity index (χ4v) is 3.16. The Labute approximate surface area is 117 Å². The van der Waals surface area contributed by atoms with E-state index in [9.17, 15) is 17.6 Å². The lowest BCUT2D eigenvalue weighted by molar-refractivity contribution is -0.128. The van der Waals surface area contributed by atoms with Crippen LogP contribution in [0.2, 0.25) is 0 Å². The number of carbonyl (C=O) groups excluding carboxylic acids is 1. The first-order chi connectivity index (χ1) is 9.40. The number of amides is 1. The number of benzene rings is 1. The van der Waals surface area contributed by atoms with Gasteiger partial charge in [0.15, 0.2) is 0 Å². The largest absolute Gasteiger partial charge is 0.342 e. The Kier molecular flexibility index (Phi) is 4.39. The summed E-state index contributed by atoms with van der Waals surface area (Å²) in [6.45, 7) is 2.58. The third-order valence-corrected chi connectivity index (χ3v) is 4.71. The molecule has 1 aliphatic heterocycles. The maximum Gasteiger partial charge on any atom is 0.241 e. The standard InChI is InChI=1S/C13H17FN2O3S/c1-10-8-11(4-5-12(10)14)20(18,19)15-9-13(17)16-6-2-3-7-16/h4-5,8,15H,2-3,6-7,9H2,1H3. The van der Waals surface area contributed by atoms with Crippen molar-refractivity contribution in [3.63, 3.8) is 0 Å². The van der Waals surface area contributed by atoms with Crippen LogP contribution >= 0.6 is 0 Å². The number of sulfonamides is 1. The lowest BCUT2D eigenvalue weighted by atomic mass is 10.2. The van der Waals surface area contributed by atoms with Crippen LogP contribution in [0.1, 0.15) is 18.4 Å². The van der Waals surface area contributed by atoms with Gasteiger partial charge in [-0.15, -0.1) is 0 Å². The number of aryl methyl sites for hydroxylation is 1. The normalized spacial score (nSPS) is 15.6. The molecule has 1 amide bonds. The van der Waals surface area contributed by atoms with Gasteiger partial charge in [0.25, 0.3) is 0 Å². The monoisotopic (exact) mass is 300 g/mol. The molecule has 1 aromatic carbocycles. The van der Waals surface area contributed by atoms with Crippen LogP contribution in [0.25, 0.3) is 0 Å². The fraction of sp³-hybridized carbons (Fsp3) is 0.462. The molecule has 1 aromatic rings. The summed E-state index contributed by atoms with van der Waals surface area (Å²) in [5.74, 6) is -0.693. The molecule has 1 N–H and O–H groups in total. The quantitative estimate of drug-likeness (QED) is 0.903. The van der Waals surface area contributed by atoms with Crippen LogP contribution in [-0.2, 0) is 14.8 Å². The van der Waals surface area contributed by atoms with Crippen molar-refractivity contribution in [2.75, 3.05) is 19.6 Å². The molecule has 5 nitrogen and oxygen atoms in total. The number of rotatable bonds is 4. The Bertz CT molecular complexity index is 610. The first-order valence-electron chi connectivity index (χ1n) is 6.44. The maximum absolute atomic E-state index is 13.1. The summed E-state index contributed by atoms with van der Waals surface area (Å²) in [7, 11) is -3.79. The van der Waals surface area contributed by atoms with Crippen molar-refractivity contribution < 1.29 is 17.6 Å². The molecule has 1 fully saturated rings. The molecule has 2 rings (SSSR count). The highest BCUT2D eigenvalue weighted by Crippen LogP contribution is 2.14. The van der Waals surface area contributed by atoms with Gasteiger partial charge in [-0.2, -0.15) is 0 Å². The van der Waals surface area contributed by atoms with Gasteiger partial charge in [0.05, 0.1) is 11.4 Å². The van der Waals surface area contributed by atoms with E-state index in [1.807, 2.05) is 0 Å². The number of nitrogens with one attached hydrogen (secondary N) is 1. The van der Waals surface area contributed by atoms with Gasteiger partial charge in [0.2, 0.25) is 15.9 Å². The average molecular weight is 300 g/mol. The number of nitrogens with zero attached hydrogens (tertiary/aromatic N) is 1. The van der Waals surface area contributed by atoms with Gasteiger partial charge >= 0.3 is 0 Å². The molecule has 1 saturated heterocycles. The van der Waals surface area contributed by atoms with E-state index in [4.69, 9.17) is 0 Å². The Morgan fingerprint density at radius 1 is 1.35 bits per heavy atom. The minimum absolute atomic E-state index is 0.0365. The second kappa shape index (κ2) is 5.88. The first kappa shape index (κ1) is 14.9. The molecule has 1 aliphatic rings. The molecule has 1 heterocycles. The molecule has 20 heavy (non-hydrogen) atoms. The Morgan fingerprint density at radius 2 is 2.00 bits per heavy atom. The van der Waals surface area contributed by atoms with Gasteiger partial charge in [-0.3, -0.25) is 4.79 Å². The SMILES string of the molecule is Cc1cc(S(=O)(=O)NCC(=O)N2CCCC2)ccc1F. The van der Waals surface area contributed by atoms with Crippen LogP contribution in [0, 0.1) is 12.7 Å². The van der Waals surface area contributed by atoms with Crippen molar-refractivity contribution in [3.05, 3.63) is 29.6 Å². The molecule has 0 spiro atoms. The summed E-state index contributed by atoms with van der Waals surface area (Å²) in [6.07, 6.45) is 1.91. The van der Waals surface area contributed by atoms with Gasteiger partial charge < -0.3 is 4.90 Å². The molecule has 0 unspecified atom stereocenters. The molecule has 110 valence electrons. The summed E-state index contributed by atoms with van der Waals surface area (Å²) >= 11 is 0. The minimum atomic E-state index is -3.79. The van der Waals surface area contributed by atoms with Gasteiger partial charge in [0.1, 0.15) is 5.82 Å². The minimum Gasteiger partial charge on any atom is -0.342 e. The van der Waals surface area contributed by atoms with Gasteiger partial charge in [0, 0.05) is 13.1 Å². The number of halogens is 1. The smallest absolute Gasteiger partial charge is 0.241 e. The van der Waals surface area contributed by atoms with E-state index >= 15 is 0 Å². The lowest BCUT2D eigenvalue weighted by Gasteiger charge is -2.15.